The van der Waals surface area contributed by atoms with E-state index in [1.807, 2.05) is 50.2 Å². The molecule has 0 fully saturated rings. The molecule has 132 valence electrons. The minimum atomic E-state index is -0.224. The normalized spacial score (nSPS) is 10.5. The summed E-state index contributed by atoms with van der Waals surface area (Å²) in [5, 5.41) is 7.05. The second kappa shape index (κ2) is 9.32. The van der Waals surface area contributed by atoms with Crippen LogP contribution >= 0.6 is 0 Å². The minimum absolute atomic E-state index is 0.148. The molecule has 1 amide bonds. The summed E-state index contributed by atoms with van der Waals surface area (Å²) in [7, 11) is 1.59. The van der Waals surface area contributed by atoms with E-state index in [9.17, 15) is 4.79 Å². The lowest BCUT2D eigenvalue weighted by molar-refractivity contribution is -0.119. The van der Waals surface area contributed by atoms with Crippen LogP contribution in [0.15, 0.2) is 47.6 Å². The quantitative estimate of drug-likeness (QED) is 0.572. The third-order valence-electron chi connectivity index (χ3n) is 3.47. The van der Waals surface area contributed by atoms with E-state index >= 15 is 0 Å². The molecule has 0 aromatic heterocycles. The number of ether oxygens (including phenoxy) is 2. The Kier molecular flexibility index (Phi) is 6.83. The number of hydrogen-bond acceptors (Lipinski definition) is 5. The van der Waals surface area contributed by atoms with Gasteiger partial charge in [-0.05, 0) is 49.2 Å². The second-order valence-electron chi connectivity index (χ2n) is 5.30. The molecular formula is C19H23N3O3. The molecule has 0 saturated carbocycles. The van der Waals surface area contributed by atoms with Gasteiger partial charge >= 0.3 is 0 Å². The molecule has 0 aliphatic heterocycles. The maximum atomic E-state index is 11.9. The summed E-state index contributed by atoms with van der Waals surface area (Å²) in [5.74, 6) is 1.07. The topological polar surface area (TPSA) is 72.0 Å². The predicted molar refractivity (Wildman–Crippen MR) is 99.6 cm³/mol. The van der Waals surface area contributed by atoms with Crippen LogP contribution in [0.25, 0.3) is 0 Å². The summed E-state index contributed by atoms with van der Waals surface area (Å²) >= 11 is 0. The number of carbonyl (C=O) groups excluding carboxylic acids is 1. The van der Waals surface area contributed by atoms with Crippen molar-refractivity contribution < 1.29 is 14.3 Å². The first-order valence-electron chi connectivity index (χ1n) is 8.06. The van der Waals surface area contributed by atoms with Gasteiger partial charge in [-0.1, -0.05) is 18.2 Å². The van der Waals surface area contributed by atoms with Gasteiger partial charge in [-0.25, -0.2) is 5.43 Å². The number of carbonyl (C=O) groups is 1. The van der Waals surface area contributed by atoms with Crippen LogP contribution in [0.5, 0.6) is 11.5 Å². The zero-order chi connectivity index (χ0) is 18.1. The molecule has 0 unspecified atom stereocenters. The lowest BCUT2D eigenvalue weighted by Crippen LogP contribution is -2.26. The standard InChI is InChI=1S/C19H23N3O3/c1-4-25-18-11-15(9-10-17(18)24-3)12-21-22-19(23)13-20-16-8-6-5-7-14(16)2/h5-12,20H,4,13H2,1-3H3,(H,22,23)/b21-12+. The minimum Gasteiger partial charge on any atom is -0.493 e. The fraction of sp³-hybridized carbons (Fsp3) is 0.263. The van der Waals surface area contributed by atoms with E-state index in [0.29, 0.717) is 18.1 Å². The van der Waals surface area contributed by atoms with Crippen molar-refractivity contribution in [2.24, 2.45) is 5.10 Å². The highest BCUT2D eigenvalue weighted by Crippen LogP contribution is 2.27. The smallest absolute Gasteiger partial charge is 0.259 e. The van der Waals surface area contributed by atoms with Gasteiger partial charge < -0.3 is 14.8 Å². The lowest BCUT2D eigenvalue weighted by atomic mass is 10.2. The highest BCUT2D eigenvalue weighted by Gasteiger charge is 2.04. The molecule has 2 N–H and O–H groups in total. The fourth-order valence-corrected chi connectivity index (χ4v) is 2.21. The van der Waals surface area contributed by atoms with E-state index in [4.69, 9.17) is 9.47 Å². The van der Waals surface area contributed by atoms with Gasteiger partial charge in [0.1, 0.15) is 0 Å². The van der Waals surface area contributed by atoms with Crippen LogP contribution in [0.2, 0.25) is 0 Å². The van der Waals surface area contributed by atoms with Crippen LogP contribution in [-0.2, 0) is 4.79 Å². The van der Waals surface area contributed by atoms with E-state index in [-0.39, 0.29) is 12.5 Å². The van der Waals surface area contributed by atoms with E-state index in [0.717, 1.165) is 16.8 Å². The van der Waals surface area contributed by atoms with Crippen LogP contribution in [0.3, 0.4) is 0 Å². The molecule has 6 heteroatoms. The second-order valence-corrected chi connectivity index (χ2v) is 5.30. The molecule has 0 bridgehead atoms. The third kappa shape index (κ3) is 5.53. The van der Waals surface area contributed by atoms with Crippen molar-refractivity contribution in [3.05, 3.63) is 53.6 Å². The first-order valence-corrected chi connectivity index (χ1v) is 8.06. The SMILES string of the molecule is CCOc1cc(/C=N/NC(=O)CNc2ccccc2C)ccc1OC. The van der Waals surface area contributed by atoms with Crippen molar-refractivity contribution >= 4 is 17.8 Å². The molecule has 0 aliphatic rings. The highest BCUT2D eigenvalue weighted by atomic mass is 16.5. The first kappa shape index (κ1) is 18.3. The molecule has 2 rings (SSSR count). The molecule has 0 atom stereocenters. The number of nitrogens with one attached hydrogen (secondary N) is 2. The Morgan fingerprint density at radius 3 is 2.72 bits per heavy atom. The summed E-state index contributed by atoms with van der Waals surface area (Å²) in [5.41, 5.74) is 5.31. The van der Waals surface area contributed by atoms with Gasteiger partial charge in [-0.15, -0.1) is 0 Å². The number of anilines is 1. The molecule has 0 saturated heterocycles. The number of hydrazone groups is 1. The number of amides is 1. The molecular weight excluding hydrogens is 318 g/mol. The van der Waals surface area contributed by atoms with Gasteiger partial charge in [0.05, 0.1) is 26.5 Å². The molecule has 0 spiro atoms. The van der Waals surface area contributed by atoms with Gasteiger partial charge in [0, 0.05) is 5.69 Å². The largest absolute Gasteiger partial charge is 0.493 e. The Morgan fingerprint density at radius 1 is 1.20 bits per heavy atom. The van der Waals surface area contributed by atoms with Crippen LogP contribution in [-0.4, -0.2) is 32.4 Å². The Morgan fingerprint density at radius 2 is 2.00 bits per heavy atom. The summed E-state index contributed by atoms with van der Waals surface area (Å²) in [6.45, 7) is 4.58. The van der Waals surface area contributed by atoms with Crippen molar-refractivity contribution in [2.75, 3.05) is 25.6 Å². The molecule has 2 aromatic rings. The monoisotopic (exact) mass is 341 g/mol. The van der Waals surface area contributed by atoms with Crippen molar-refractivity contribution in [1.82, 2.24) is 5.43 Å². The van der Waals surface area contributed by atoms with Crippen LogP contribution in [0.1, 0.15) is 18.1 Å². The number of hydrogen-bond donors (Lipinski definition) is 2. The van der Waals surface area contributed by atoms with Gasteiger partial charge in [0.15, 0.2) is 11.5 Å². The van der Waals surface area contributed by atoms with Crippen molar-refractivity contribution in [1.29, 1.82) is 0 Å². The summed E-state index contributed by atoms with van der Waals surface area (Å²) in [6.07, 6.45) is 1.56. The van der Waals surface area contributed by atoms with Gasteiger partial charge in [0.2, 0.25) is 0 Å². The van der Waals surface area contributed by atoms with Crippen molar-refractivity contribution in [3.8, 4) is 11.5 Å². The van der Waals surface area contributed by atoms with E-state index in [2.05, 4.69) is 15.8 Å². The average molecular weight is 341 g/mol. The van der Waals surface area contributed by atoms with Gasteiger partial charge in [-0.3, -0.25) is 4.79 Å². The molecule has 0 heterocycles. The van der Waals surface area contributed by atoms with Crippen LogP contribution in [0, 0.1) is 6.92 Å². The zero-order valence-electron chi connectivity index (χ0n) is 14.7. The van der Waals surface area contributed by atoms with E-state index in [1.54, 1.807) is 19.4 Å². The lowest BCUT2D eigenvalue weighted by Gasteiger charge is -2.09. The third-order valence-corrected chi connectivity index (χ3v) is 3.47. The highest BCUT2D eigenvalue weighted by molar-refractivity contribution is 5.85. The Labute approximate surface area is 147 Å². The molecule has 0 radical (unpaired) electrons. The van der Waals surface area contributed by atoms with Gasteiger partial charge in [-0.2, -0.15) is 5.10 Å². The maximum absolute atomic E-state index is 11.9. The van der Waals surface area contributed by atoms with Crippen molar-refractivity contribution in [3.63, 3.8) is 0 Å². The average Bonchev–Trinajstić information content (AvgIpc) is 2.61. The van der Waals surface area contributed by atoms with Crippen molar-refractivity contribution in [2.45, 2.75) is 13.8 Å². The molecule has 0 aliphatic carbocycles. The molecule has 25 heavy (non-hydrogen) atoms. The van der Waals surface area contributed by atoms with E-state index in [1.165, 1.54) is 0 Å². The predicted octanol–water partition coefficient (Wildman–Crippen LogP) is 2.96. The molecule has 2 aromatic carbocycles. The maximum Gasteiger partial charge on any atom is 0.259 e. The fourth-order valence-electron chi connectivity index (χ4n) is 2.21. The number of para-hydroxylation sites is 1. The summed E-state index contributed by atoms with van der Waals surface area (Å²) in [6, 6.07) is 13.2. The number of methoxy groups -OCH3 is 1. The number of benzene rings is 2. The molecule has 6 nitrogen and oxygen atoms in total. The van der Waals surface area contributed by atoms with Crippen LogP contribution in [0.4, 0.5) is 5.69 Å². The summed E-state index contributed by atoms with van der Waals surface area (Å²) in [4.78, 5) is 11.9. The van der Waals surface area contributed by atoms with Gasteiger partial charge in [0.25, 0.3) is 5.91 Å². The Bertz CT molecular complexity index is 744. The number of aryl methyl sites for hydroxylation is 1. The Balaban J connectivity index is 1.88. The number of rotatable bonds is 8. The van der Waals surface area contributed by atoms with Crippen LogP contribution < -0.4 is 20.2 Å². The zero-order valence-corrected chi connectivity index (χ0v) is 14.7. The first-order chi connectivity index (χ1) is 12.1. The number of nitrogens with zero attached hydrogens (tertiary/aromatic N) is 1. The van der Waals surface area contributed by atoms with E-state index < -0.39 is 0 Å². The summed E-state index contributed by atoms with van der Waals surface area (Å²) < 4.78 is 10.7. The Hall–Kier alpha value is -3.02.